The fourth-order valence-corrected chi connectivity index (χ4v) is 8.84. The number of ether oxygens (including phenoxy) is 1. The van der Waals surface area contributed by atoms with E-state index < -0.39 is 70.1 Å². The largest absolute Gasteiger partial charge is 0.408 e. The van der Waals surface area contributed by atoms with Crippen molar-refractivity contribution in [1.82, 2.24) is 0 Å². The standard InChI is InChI=1S/C32H70O7Si4/c1-22(33)23(34)24-25(36-40(14,15)29(2,3)4)26(37-41(16,17)30(5,6)7)27(38-42(18,19)31(8,9)10)28(35-24)39-43(20,21)32(11,12)13/h23-28,34H,1-21H3/t23?,24-,25+,26+,27-,28?/m1/s1. The molecule has 1 aliphatic heterocycles. The molecule has 0 aromatic rings. The predicted octanol–water partition coefficient (Wildman–Crippen LogP) is 8.85. The van der Waals surface area contributed by atoms with Gasteiger partial charge in [0, 0.05) is 0 Å². The topological polar surface area (TPSA) is 83.5 Å². The molecule has 0 bridgehead atoms. The molecule has 0 radical (unpaired) electrons. The molecule has 0 aromatic heterocycles. The van der Waals surface area contributed by atoms with Gasteiger partial charge in [-0.1, -0.05) is 83.1 Å². The van der Waals surface area contributed by atoms with Crippen LogP contribution in [0.15, 0.2) is 0 Å². The second kappa shape index (κ2) is 13.1. The SMILES string of the molecule is CC(=O)C(O)[C@H]1OC(O[Si](C)(C)C(C)(C)C)[C@H](O[Si](C)(C)C(C)(C)C)[C@@H](O[Si](C)(C)C(C)(C)C)[C@H]1O[Si](C)(C)C(C)(C)C. The summed E-state index contributed by atoms with van der Waals surface area (Å²) in [6.45, 7) is 45.6. The van der Waals surface area contributed by atoms with Crippen LogP contribution in [-0.2, 0) is 27.2 Å². The van der Waals surface area contributed by atoms with Crippen molar-refractivity contribution in [3.05, 3.63) is 0 Å². The number of rotatable bonds is 10. The first-order valence-corrected chi connectivity index (χ1v) is 27.8. The van der Waals surface area contributed by atoms with E-state index in [-0.39, 0.29) is 25.9 Å². The van der Waals surface area contributed by atoms with Crippen LogP contribution < -0.4 is 0 Å². The summed E-state index contributed by atoms with van der Waals surface area (Å²) >= 11 is 0. The highest BCUT2D eigenvalue weighted by Crippen LogP contribution is 2.48. The number of carbonyl (C=O) groups is 1. The van der Waals surface area contributed by atoms with Gasteiger partial charge in [0.25, 0.3) is 0 Å². The highest BCUT2D eigenvalue weighted by atomic mass is 28.4. The summed E-state index contributed by atoms with van der Waals surface area (Å²) < 4.78 is 35.6. The molecule has 0 aliphatic carbocycles. The molecule has 43 heavy (non-hydrogen) atoms. The second-order valence-electron chi connectivity index (χ2n) is 18.9. The van der Waals surface area contributed by atoms with Crippen LogP contribution in [0.1, 0.15) is 90.0 Å². The molecular weight excluding hydrogens is 609 g/mol. The van der Waals surface area contributed by atoms with Gasteiger partial charge in [-0.25, -0.2) is 0 Å². The Balaban J connectivity index is 4.12. The number of aliphatic hydroxyl groups is 1. The molecular formula is C32H70O7Si4. The molecule has 7 nitrogen and oxygen atoms in total. The predicted molar refractivity (Wildman–Crippen MR) is 190 cm³/mol. The van der Waals surface area contributed by atoms with Crippen LogP contribution in [0.5, 0.6) is 0 Å². The fourth-order valence-electron chi connectivity index (χ4n) is 3.83. The van der Waals surface area contributed by atoms with Gasteiger partial charge in [0.15, 0.2) is 45.3 Å². The molecule has 0 aromatic carbocycles. The van der Waals surface area contributed by atoms with Gasteiger partial charge in [0.1, 0.15) is 30.5 Å². The summed E-state index contributed by atoms with van der Waals surface area (Å²) in [6, 6.07) is 0. The van der Waals surface area contributed by atoms with Crippen molar-refractivity contribution in [2.24, 2.45) is 0 Å². The van der Waals surface area contributed by atoms with E-state index in [0.29, 0.717) is 0 Å². The lowest BCUT2D eigenvalue weighted by molar-refractivity contribution is -0.279. The average Bonchev–Trinajstić information content (AvgIpc) is 2.73. The van der Waals surface area contributed by atoms with Crippen LogP contribution in [0.3, 0.4) is 0 Å². The highest BCUT2D eigenvalue weighted by Gasteiger charge is 2.59. The lowest BCUT2D eigenvalue weighted by atomic mass is 9.94. The first kappa shape index (κ1) is 41.3. The number of carbonyl (C=O) groups excluding carboxylic acids is 1. The first-order valence-electron chi connectivity index (χ1n) is 16.1. The van der Waals surface area contributed by atoms with E-state index in [1.54, 1.807) is 0 Å². The molecule has 11 heteroatoms. The number of aliphatic hydroxyl groups excluding tert-OH is 1. The molecule has 6 atom stereocenters. The molecule has 1 N–H and O–H groups in total. The van der Waals surface area contributed by atoms with Crippen molar-refractivity contribution in [1.29, 1.82) is 0 Å². The maximum atomic E-state index is 12.8. The summed E-state index contributed by atoms with van der Waals surface area (Å²) in [7, 11) is -9.68. The quantitative estimate of drug-likeness (QED) is 0.231. The lowest BCUT2D eigenvalue weighted by Crippen LogP contribution is -2.70. The smallest absolute Gasteiger partial charge is 0.195 e. The number of ketones is 1. The Bertz CT molecular complexity index is 953. The van der Waals surface area contributed by atoms with Gasteiger partial charge in [0.2, 0.25) is 0 Å². The Labute approximate surface area is 270 Å². The van der Waals surface area contributed by atoms with E-state index in [1.165, 1.54) is 6.92 Å². The Morgan fingerprint density at radius 3 is 1.14 bits per heavy atom. The third kappa shape index (κ3) is 9.67. The fraction of sp³-hybridized carbons (Fsp3) is 0.969. The van der Waals surface area contributed by atoms with Crippen LogP contribution >= 0.6 is 0 Å². The van der Waals surface area contributed by atoms with Gasteiger partial charge in [0.05, 0.1) is 0 Å². The van der Waals surface area contributed by atoms with Gasteiger partial charge in [-0.15, -0.1) is 0 Å². The van der Waals surface area contributed by atoms with Crippen LogP contribution in [-0.4, -0.2) is 81.0 Å². The van der Waals surface area contributed by atoms with E-state index in [9.17, 15) is 9.90 Å². The van der Waals surface area contributed by atoms with Gasteiger partial charge in [-0.2, -0.15) is 0 Å². The monoisotopic (exact) mass is 678 g/mol. The number of hydrogen-bond acceptors (Lipinski definition) is 7. The summed E-state index contributed by atoms with van der Waals surface area (Å²) in [5.41, 5.74) is 0. The van der Waals surface area contributed by atoms with Crippen LogP contribution in [0.25, 0.3) is 0 Å². The normalized spacial score (nSPS) is 26.4. The molecule has 1 saturated heterocycles. The zero-order chi connectivity index (χ0) is 34.6. The second-order valence-corrected chi connectivity index (χ2v) is 38.0. The van der Waals surface area contributed by atoms with Gasteiger partial charge in [-0.05, 0) is 79.5 Å². The molecule has 256 valence electrons. The van der Waals surface area contributed by atoms with Crippen LogP contribution in [0.2, 0.25) is 72.5 Å². The minimum atomic E-state index is -2.44. The third-order valence-electron chi connectivity index (χ3n) is 11.2. The zero-order valence-corrected chi connectivity index (χ0v) is 35.9. The van der Waals surface area contributed by atoms with Crippen LogP contribution in [0.4, 0.5) is 0 Å². The van der Waals surface area contributed by atoms with E-state index in [0.717, 1.165) is 0 Å². The van der Waals surface area contributed by atoms with E-state index in [4.69, 9.17) is 22.4 Å². The Kier molecular flexibility index (Phi) is 12.6. The van der Waals surface area contributed by atoms with Crippen molar-refractivity contribution in [2.75, 3.05) is 0 Å². The minimum absolute atomic E-state index is 0.0818. The Morgan fingerprint density at radius 1 is 0.558 bits per heavy atom. The van der Waals surface area contributed by atoms with Crippen molar-refractivity contribution in [2.45, 2.75) is 199 Å². The molecule has 0 saturated carbocycles. The highest BCUT2D eigenvalue weighted by molar-refractivity contribution is 6.75. The van der Waals surface area contributed by atoms with Gasteiger partial charge < -0.3 is 27.5 Å². The zero-order valence-electron chi connectivity index (χ0n) is 31.9. The van der Waals surface area contributed by atoms with Crippen molar-refractivity contribution < 1.29 is 32.3 Å². The Morgan fingerprint density at radius 2 is 0.837 bits per heavy atom. The minimum Gasteiger partial charge on any atom is -0.408 e. The molecule has 1 heterocycles. The number of Topliss-reactive ketones (excluding diaryl/α,β-unsaturated/α-hetero) is 1. The molecule has 1 rings (SSSR count). The molecule has 2 unspecified atom stereocenters. The van der Waals surface area contributed by atoms with E-state index in [2.05, 4.69) is 135 Å². The van der Waals surface area contributed by atoms with E-state index >= 15 is 0 Å². The maximum Gasteiger partial charge on any atom is 0.195 e. The lowest BCUT2D eigenvalue weighted by Gasteiger charge is -2.56. The first-order chi connectivity index (χ1) is 18.6. The van der Waals surface area contributed by atoms with Crippen molar-refractivity contribution in [3.63, 3.8) is 0 Å². The summed E-state index contributed by atoms with van der Waals surface area (Å²) in [4.78, 5) is 12.8. The van der Waals surface area contributed by atoms with Gasteiger partial charge >= 0.3 is 0 Å². The number of hydrogen-bond donors (Lipinski definition) is 1. The van der Waals surface area contributed by atoms with Crippen molar-refractivity contribution >= 4 is 39.1 Å². The molecule has 1 fully saturated rings. The average molecular weight is 679 g/mol. The van der Waals surface area contributed by atoms with Crippen LogP contribution in [0, 0.1) is 0 Å². The molecule has 0 spiro atoms. The summed E-state index contributed by atoms with van der Waals surface area (Å²) in [5.74, 6) is -0.366. The van der Waals surface area contributed by atoms with Gasteiger partial charge in [-0.3, -0.25) is 4.79 Å². The third-order valence-corrected chi connectivity index (χ3v) is 29.0. The maximum absolute atomic E-state index is 12.8. The van der Waals surface area contributed by atoms with Crippen molar-refractivity contribution in [3.8, 4) is 0 Å². The molecule has 1 aliphatic rings. The summed E-state index contributed by atoms with van der Waals surface area (Å²) in [5, 5.41) is 11.1. The Hall–Kier alpha value is 0.298. The van der Waals surface area contributed by atoms with E-state index in [1.807, 2.05) is 0 Å². The summed E-state index contributed by atoms with van der Waals surface area (Å²) in [6.07, 6.45) is -5.11. The molecule has 0 amide bonds.